The molecule has 0 aliphatic carbocycles. The molecule has 6 aromatic carbocycles. The van der Waals surface area contributed by atoms with Gasteiger partial charge in [0.15, 0.2) is 0 Å². The molecule has 2 amide bonds. The van der Waals surface area contributed by atoms with Crippen molar-refractivity contribution in [1.82, 2.24) is 9.80 Å². The van der Waals surface area contributed by atoms with Crippen LogP contribution in [0.5, 0.6) is 46.0 Å². The Morgan fingerprint density at radius 3 is 1.08 bits per heavy atom. The van der Waals surface area contributed by atoms with Crippen LogP contribution in [0.25, 0.3) is 54.9 Å². The van der Waals surface area contributed by atoms with Crippen molar-refractivity contribution in [3.05, 3.63) is 81.9 Å². The first-order valence-electron chi connectivity index (χ1n) is 24.3. The number of hydrogen-bond donors (Lipinski definition) is 2. The molecule has 2 aliphatic rings. The summed E-state index contributed by atoms with van der Waals surface area (Å²) in [4.78, 5) is 81.8. The summed E-state index contributed by atoms with van der Waals surface area (Å²) in [6.07, 6.45) is 0.428. The van der Waals surface area contributed by atoms with E-state index in [1.807, 2.05) is 53.7 Å². The quantitative estimate of drug-likeness (QED) is 0.102. The molecule has 0 aromatic heterocycles. The molecular weight excluding hydrogens is 949 g/mol. The van der Waals surface area contributed by atoms with Crippen LogP contribution in [0.1, 0.15) is 115 Å². The Kier molecular flexibility index (Phi) is 13.9. The topological polar surface area (TPSA) is 205 Å². The number of aryl methyl sites for hydroxylation is 2. The van der Waals surface area contributed by atoms with Crippen molar-refractivity contribution in [3.63, 3.8) is 0 Å². The third-order valence-electron chi connectivity index (χ3n) is 14.1. The number of amides is 2. The minimum Gasteiger partial charge on any atom is -0.507 e. The number of rotatable bonds is 9. The van der Waals surface area contributed by atoms with E-state index in [-0.39, 0.29) is 92.6 Å². The van der Waals surface area contributed by atoms with E-state index in [0.717, 1.165) is 11.1 Å². The minimum atomic E-state index is -0.680. The maximum atomic E-state index is 13.3. The molecular formula is C58H60N2O14. The van der Waals surface area contributed by atoms with E-state index in [0.29, 0.717) is 55.3 Å². The van der Waals surface area contributed by atoms with Crippen molar-refractivity contribution in [2.24, 2.45) is 0 Å². The molecule has 386 valence electrons. The van der Waals surface area contributed by atoms with E-state index in [4.69, 9.17) is 28.4 Å². The Balaban J connectivity index is 1.60. The molecule has 0 radical (unpaired) electrons. The van der Waals surface area contributed by atoms with Gasteiger partial charge >= 0.3 is 23.9 Å². The van der Waals surface area contributed by atoms with E-state index in [2.05, 4.69) is 0 Å². The first kappa shape index (κ1) is 52.2. The molecule has 2 N–H and O–H groups in total. The van der Waals surface area contributed by atoms with Crippen LogP contribution in [0.15, 0.2) is 48.5 Å². The number of benzene rings is 6. The maximum absolute atomic E-state index is 13.3. The van der Waals surface area contributed by atoms with Gasteiger partial charge in [-0.05, 0) is 123 Å². The summed E-state index contributed by atoms with van der Waals surface area (Å²) in [7, 11) is 2.93. The van der Waals surface area contributed by atoms with Crippen LogP contribution in [-0.2, 0) is 41.6 Å². The number of fused-ring (bicyclic) bond motifs is 4. The maximum Gasteiger partial charge on any atom is 0.308 e. The highest BCUT2D eigenvalue weighted by Crippen LogP contribution is 2.57. The number of phenols is 2. The van der Waals surface area contributed by atoms with Crippen molar-refractivity contribution in [2.45, 2.75) is 120 Å². The lowest BCUT2D eigenvalue weighted by Crippen LogP contribution is -2.44. The third-order valence-corrected chi connectivity index (χ3v) is 14.1. The Hall–Kier alpha value is -8.14. The summed E-state index contributed by atoms with van der Waals surface area (Å²) in [5.74, 6) is -2.89. The number of aromatic hydroxyl groups is 2. The van der Waals surface area contributed by atoms with Crippen molar-refractivity contribution in [2.75, 3.05) is 14.2 Å². The lowest BCUT2D eigenvalue weighted by atomic mass is 9.79. The van der Waals surface area contributed by atoms with Gasteiger partial charge in [-0.25, -0.2) is 0 Å². The van der Waals surface area contributed by atoms with Crippen LogP contribution in [0.3, 0.4) is 0 Å². The highest BCUT2D eigenvalue weighted by Gasteiger charge is 2.40. The van der Waals surface area contributed by atoms with Crippen molar-refractivity contribution in [3.8, 4) is 79.4 Å². The molecule has 0 saturated heterocycles. The van der Waals surface area contributed by atoms with Crippen LogP contribution in [0.4, 0.5) is 0 Å². The second kappa shape index (κ2) is 19.7. The molecule has 8 rings (SSSR count). The average Bonchev–Trinajstić information content (AvgIpc) is 3.28. The SMILES string of the molecule is COc1cc(C)cc2c(-c3c(OC(C)=O)cc(OC(C)=O)c4c3C[C@H](C)N(C(C)=O)[C@H]4C)cc(-c3cc(-c4c(OC(C)=O)cc(OC(C)=O)c5c4C[C@H](C)N(C(C)=O)[C@H]5C)c4cc(C)cc(OC)c4c3O)c(O)c12. The predicted octanol–water partition coefficient (Wildman–Crippen LogP) is 10.4. The molecule has 0 fully saturated rings. The fourth-order valence-corrected chi connectivity index (χ4v) is 11.7. The van der Waals surface area contributed by atoms with Gasteiger partial charge in [-0.1, -0.05) is 12.1 Å². The van der Waals surface area contributed by atoms with E-state index in [9.17, 15) is 39.0 Å². The standard InChI is InChI=1S/C58H60N2O14/c1-25-15-37-39(53-43-19-27(3)59(31(7)61)29(5)51(43)47(71-33(9)63)23-49(53)73-35(11)65)21-41(57(67)55(37)45(17-25)69-13)42-22-40(38-16-26(2)18-46(70-14)56(38)58(42)68)54-44-20-28(4)60(32(8)62)30(6)52(44)48(72-34(10)64)24-50(54)74-36(12)66/h15-18,21-24,27-30,67-68H,19-20H2,1-14H3/t27-,28-,29-,30-/m0/s1. The van der Waals surface area contributed by atoms with E-state index >= 15 is 0 Å². The molecule has 0 bridgehead atoms. The van der Waals surface area contributed by atoms with Crippen molar-refractivity contribution in [1.29, 1.82) is 0 Å². The van der Waals surface area contributed by atoms with Gasteiger partial charge in [-0.3, -0.25) is 28.8 Å². The second-order valence-corrected chi connectivity index (χ2v) is 19.4. The van der Waals surface area contributed by atoms with Crippen molar-refractivity contribution >= 4 is 57.2 Å². The van der Waals surface area contributed by atoms with E-state index in [1.54, 1.807) is 34.1 Å². The predicted molar refractivity (Wildman–Crippen MR) is 277 cm³/mol. The van der Waals surface area contributed by atoms with Crippen molar-refractivity contribution < 1.29 is 67.4 Å². The largest absolute Gasteiger partial charge is 0.507 e. The summed E-state index contributed by atoms with van der Waals surface area (Å²) in [5.41, 5.74) is 5.48. The van der Waals surface area contributed by atoms with Gasteiger partial charge < -0.3 is 48.4 Å². The van der Waals surface area contributed by atoms with E-state index < -0.39 is 48.0 Å². The Morgan fingerprint density at radius 1 is 0.459 bits per heavy atom. The molecule has 0 unspecified atom stereocenters. The van der Waals surface area contributed by atoms with Crippen LogP contribution in [0, 0.1) is 13.8 Å². The Morgan fingerprint density at radius 2 is 0.784 bits per heavy atom. The van der Waals surface area contributed by atoms with Gasteiger partial charge in [-0.15, -0.1) is 0 Å². The molecule has 16 heteroatoms. The summed E-state index contributed by atoms with van der Waals surface area (Å²) in [6, 6.07) is 11.4. The smallest absolute Gasteiger partial charge is 0.308 e. The number of ether oxygens (including phenoxy) is 6. The van der Waals surface area contributed by atoms with Crippen LogP contribution in [0.2, 0.25) is 0 Å². The Bertz CT molecular complexity index is 3200. The number of methoxy groups -OCH3 is 2. The molecule has 0 saturated carbocycles. The average molecular weight is 1010 g/mol. The molecule has 74 heavy (non-hydrogen) atoms. The van der Waals surface area contributed by atoms with Gasteiger partial charge in [-0.2, -0.15) is 0 Å². The van der Waals surface area contributed by atoms with Gasteiger partial charge in [0, 0.05) is 99.1 Å². The Labute approximate surface area is 428 Å². The number of carbonyl (C=O) groups excluding carboxylic acids is 6. The molecule has 2 heterocycles. The van der Waals surface area contributed by atoms with Crippen LogP contribution >= 0.6 is 0 Å². The highest BCUT2D eigenvalue weighted by atomic mass is 16.6. The molecule has 16 nitrogen and oxygen atoms in total. The number of phenolic OH excluding ortho intramolecular Hbond substituents is 2. The normalized spacial score (nSPS) is 17.1. The second-order valence-electron chi connectivity index (χ2n) is 19.4. The molecule has 0 spiro atoms. The van der Waals surface area contributed by atoms with Gasteiger partial charge in [0.2, 0.25) is 11.8 Å². The third kappa shape index (κ3) is 8.96. The zero-order valence-corrected chi connectivity index (χ0v) is 44.0. The summed E-state index contributed by atoms with van der Waals surface area (Å²) < 4.78 is 35.8. The number of carbonyl (C=O) groups is 6. The summed E-state index contributed by atoms with van der Waals surface area (Å²) in [5, 5.41) is 27.3. The summed E-state index contributed by atoms with van der Waals surface area (Å²) in [6.45, 7) is 19.1. The molecule has 2 aliphatic heterocycles. The van der Waals surface area contributed by atoms with Gasteiger partial charge in [0.1, 0.15) is 46.0 Å². The zero-order valence-electron chi connectivity index (χ0n) is 44.0. The van der Waals surface area contributed by atoms with Gasteiger partial charge in [0.05, 0.1) is 37.1 Å². The number of hydrogen-bond acceptors (Lipinski definition) is 14. The first-order valence-corrected chi connectivity index (χ1v) is 24.3. The fraction of sp³-hybridized carbons (Fsp3) is 0.345. The molecule has 4 atom stereocenters. The van der Waals surface area contributed by atoms with Crippen LogP contribution < -0.4 is 28.4 Å². The zero-order chi connectivity index (χ0) is 54.1. The number of nitrogens with zero attached hydrogens (tertiary/aromatic N) is 2. The van der Waals surface area contributed by atoms with Crippen LogP contribution in [-0.4, -0.2) is 82.0 Å². The lowest BCUT2D eigenvalue weighted by Gasteiger charge is -2.41. The van der Waals surface area contributed by atoms with E-state index in [1.165, 1.54) is 67.9 Å². The highest BCUT2D eigenvalue weighted by molar-refractivity contribution is 6.14. The fourth-order valence-electron chi connectivity index (χ4n) is 11.7. The summed E-state index contributed by atoms with van der Waals surface area (Å²) >= 11 is 0. The number of esters is 4. The molecule has 6 aromatic rings. The first-order chi connectivity index (χ1) is 34.9. The minimum absolute atomic E-state index is 0.0236. The lowest BCUT2D eigenvalue weighted by molar-refractivity contribution is -0.135. The monoisotopic (exact) mass is 1010 g/mol. The van der Waals surface area contributed by atoms with Gasteiger partial charge in [0.25, 0.3) is 0 Å².